The second-order valence-electron chi connectivity index (χ2n) is 10.5. The van der Waals surface area contributed by atoms with E-state index in [2.05, 4.69) is 25.2 Å². The van der Waals surface area contributed by atoms with Gasteiger partial charge in [0.2, 0.25) is 0 Å². The highest BCUT2D eigenvalue weighted by Gasteiger charge is 2.42. The number of pyridine rings is 1. The first-order valence-electron chi connectivity index (χ1n) is 13.7. The largest absolute Gasteiger partial charge is 0.357 e. The lowest BCUT2D eigenvalue weighted by molar-refractivity contribution is -0.121. The second-order valence-corrected chi connectivity index (χ2v) is 11.4. The first-order valence-corrected chi connectivity index (χ1v) is 14.5. The zero-order valence-corrected chi connectivity index (χ0v) is 22.7. The minimum atomic E-state index is -1.01. The molecule has 11 heteroatoms. The number of imidazole rings is 1. The Hall–Kier alpha value is -4.12. The van der Waals surface area contributed by atoms with Crippen molar-refractivity contribution < 1.29 is 14.0 Å². The number of hydrogen-bond donors (Lipinski definition) is 1. The Labute approximate surface area is 234 Å². The number of nitrogens with one attached hydrogen (secondary N) is 1. The van der Waals surface area contributed by atoms with E-state index in [0.29, 0.717) is 16.4 Å². The van der Waals surface area contributed by atoms with Crippen molar-refractivity contribution in [3.05, 3.63) is 76.7 Å². The van der Waals surface area contributed by atoms with E-state index in [-0.39, 0.29) is 17.7 Å². The van der Waals surface area contributed by atoms with Crippen molar-refractivity contribution in [1.82, 2.24) is 24.4 Å². The molecule has 0 aliphatic carbocycles. The van der Waals surface area contributed by atoms with E-state index in [1.54, 1.807) is 30.2 Å². The smallest absolute Gasteiger partial charge is 0.255 e. The maximum atomic E-state index is 15.5. The third-order valence-electron chi connectivity index (χ3n) is 8.05. The standard InChI is InChI=1S/C29H28FN7O2S/c30-22-14-19(18-6-7-24(32-15-18)35-9-2-1-3-10-35)13-20-21(22)16-37(28(20)39)26(27(38)34-29-31-8-12-40-29)25-23-5-4-11-36(23)17-33-25/h6-8,12-15,17,26H,1-5,9-11,16H2,(H,31,34,38). The summed E-state index contributed by atoms with van der Waals surface area (Å²) in [5.41, 5.74) is 3.33. The maximum Gasteiger partial charge on any atom is 0.255 e. The molecular formula is C29H28FN7O2S. The van der Waals surface area contributed by atoms with Crippen molar-refractivity contribution in [2.24, 2.45) is 0 Å². The van der Waals surface area contributed by atoms with Crippen LogP contribution in [0.25, 0.3) is 11.1 Å². The van der Waals surface area contributed by atoms with Crippen molar-refractivity contribution in [1.29, 1.82) is 0 Å². The summed E-state index contributed by atoms with van der Waals surface area (Å²) in [5, 5.41) is 5.03. The van der Waals surface area contributed by atoms with E-state index >= 15 is 4.39 Å². The van der Waals surface area contributed by atoms with Crippen LogP contribution in [0.1, 0.15) is 59.0 Å². The fourth-order valence-corrected chi connectivity index (χ4v) is 6.56. The molecule has 2 amide bonds. The molecule has 1 N–H and O–H groups in total. The van der Waals surface area contributed by atoms with Gasteiger partial charge in [-0.3, -0.25) is 14.9 Å². The maximum absolute atomic E-state index is 15.5. The first-order chi connectivity index (χ1) is 19.6. The van der Waals surface area contributed by atoms with Gasteiger partial charge >= 0.3 is 0 Å². The number of carbonyl (C=O) groups excluding carboxylic acids is 2. The van der Waals surface area contributed by atoms with Gasteiger partial charge < -0.3 is 14.4 Å². The van der Waals surface area contributed by atoms with Crippen LogP contribution in [0.5, 0.6) is 0 Å². The Morgan fingerprint density at radius 2 is 1.90 bits per heavy atom. The number of thiazole rings is 1. The molecule has 9 nitrogen and oxygen atoms in total. The lowest BCUT2D eigenvalue weighted by Crippen LogP contribution is -2.38. The summed E-state index contributed by atoms with van der Waals surface area (Å²) in [6, 6.07) is 6.04. The number of rotatable bonds is 6. The molecule has 1 atom stereocenters. The normalized spacial score (nSPS) is 17.2. The number of aromatic nitrogens is 4. The SMILES string of the molecule is O=C(Nc1nccs1)C(c1ncn2c1CCC2)N1Cc2c(F)cc(-c3ccc(N4CCCCC4)nc3)cc2C1=O. The molecular weight excluding hydrogens is 529 g/mol. The summed E-state index contributed by atoms with van der Waals surface area (Å²) in [6.45, 7) is 2.78. The Balaban J connectivity index is 1.20. The molecule has 3 aromatic heterocycles. The monoisotopic (exact) mass is 557 g/mol. The van der Waals surface area contributed by atoms with Gasteiger partial charge in [0.05, 0.1) is 18.6 Å². The predicted octanol–water partition coefficient (Wildman–Crippen LogP) is 4.81. The van der Waals surface area contributed by atoms with Crippen molar-refractivity contribution in [3.63, 3.8) is 0 Å². The first kappa shape index (κ1) is 24.9. The van der Waals surface area contributed by atoms with Crippen LogP contribution in [0, 0.1) is 5.82 Å². The predicted molar refractivity (Wildman–Crippen MR) is 150 cm³/mol. The fourth-order valence-electron chi connectivity index (χ4n) is 6.03. The molecule has 7 rings (SSSR count). The van der Waals surface area contributed by atoms with E-state index in [4.69, 9.17) is 0 Å². The summed E-state index contributed by atoms with van der Waals surface area (Å²) in [7, 11) is 0. The molecule has 4 aromatic rings. The van der Waals surface area contributed by atoms with Crippen molar-refractivity contribution in [3.8, 4) is 11.1 Å². The Morgan fingerprint density at radius 1 is 1.02 bits per heavy atom. The zero-order valence-electron chi connectivity index (χ0n) is 21.8. The van der Waals surface area contributed by atoms with Gasteiger partial charge in [-0.15, -0.1) is 11.3 Å². The van der Waals surface area contributed by atoms with E-state index in [1.165, 1.54) is 28.7 Å². The van der Waals surface area contributed by atoms with Crippen LogP contribution in [-0.4, -0.2) is 49.3 Å². The fraction of sp³-hybridized carbons (Fsp3) is 0.345. The number of hydrogen-bond acceptors (Lipinski definition) is 7. The number of halogens is 1. The lowest BCUT2D eigenvalue weighted by Gasteiger charge is -2.27. The molecule has 0 saturated carbocycles. The number of amides is 2. The van der Waals surface area contributed by atoms with E-state index in [0.717, 1.165) is 62.4 Å². The van der Waals surface area contributed by atoms with Gasteiger partial charge in [0, 0.05) is 59.8 Å². The van der Waals surface area contributed by atoms with Gasteiger partial charge in [-0.1, -0.05) is 0 Å². The number of aryl methyl sites for hydroxylation is 1. The molecule has 204 valence electrons. The minimum Gasteiger partial charge on any atom is -0.357 e. The van der Waals surface area contributed by atoms with Crippen molar-refractivity contribution in [2.75, 3.05) is 23.3 Å². The highest BCUT2D eigenvalue weighted by molar-refractivity contribution is 7.13. The molecule has 6 heterocycles. The van der Waals surface area contributed by atoms with Crippen molar-refractivity contribution in [2.45, 2.75) is 51.2 Å². The summed E-state index contributed by atoms with van der Waals surface area (Å²) in [4.78, 5) is 44.5. The van der Waals surface area contributed by atoms with Crippen LogP contribution in [0.3, 0.4) is 0 Å². The highest BCUT2D eigenvalue weighted by atomic mass is 32.1. The second kappa shape index (κ2) is 10.1. The third kappa shape index (κ3) is 4.34. The van der Waals surface area contributed by atoms with E-state index in [9.17, 15) is 9.59 Å². The minimum absolute atomic E-state index is 0.0192. The van der Waals surface area contributed by atoms with Crippen molar-refractivity contribution >= 4 is 34.1 Å². The average Bonchev–Trinajstić information content (AvgIpc) is 3.78. The van der Waals surface area contributed by atoms with E-state index in [1.807, 2.05) is 16.7 Å². The number of carbonyl (C=O) groups is 2. The van der Waals surface area contributed by atoms with Gasteiger partial charge in [0.15, 0.2) is 11.2 Å². The Kier molecular flexibility index (Phi) is 6.30. The molecule has 1 fully saturated rings. The third-order valence-corrected chi connectivity index (χ3v) is 8.74. The van der Waals surface area contributed by atoms with Gasteiger partial charge in [-0.05, 0) is 61.9 Å². The summed E-state index contributed by atoms with van der Waals surface area (Å²) in [6.07, 6.45) is 10.3. The van der Waals surface area contributed by atoms with Crippen LogP contribution in [0.15, 0.2) is 48.4 Å². The van der Waals surface area contributed by atoms with Crippen LogP contribution in [0.4, 0.5) is 15.3 Å². The molecule has 1 aromatic carbocycles. The van der Waals surface area contributed by atoms with Gasteiger partial charge in [0.1, 0.15) is 11.6 Å². The van der Waals surface area contributed by atoms with Gasteiger partial charge in [-0.2, -0.15) is 0 Å². The number of anilines is 2. The molecule has 0 spiro atoms. The van der Waals surface area contributed by atoms with Crippen LogP contribution in [0.2, 0.25) is 0 Å². The molecule has 1 saturated heterocycles. The highest BCUT2D eigenvalue weighted by Crippen LogP contribution is 2.38. The molecule has 0 radical (unpaired) electrons. The molecule has 0 bridgehead atoms. The average molecular weight is 558 g/mol. The van der Waals surface area contributed by atoms with E-state index < -0.39 is 23.7 Å². The molecule has 40 heavy (non-hydrogen) atoms. The number of piperidine rings is 1. The van der Waals surface area contributed by atoms with Crippen LogP contribution in [-0.2, 0) is 24.3 Å². The van der Waals surface area contributed by atoms with Crippen LogP contribution < -0.4 is 10.2 Å². The van der Waals surface area contributed by atoms with Gasteiger partial charge in [0.25, 0.3) is 11.8 Å². The number of benzene rings is 1. The molecule has 3 aliphatic rings. The van der Waals surface area contributed by atoms with Crippen LogP contribution >= 0.6 is 11.3 Å². The zero-order chi connectivity index (χ0) is 27.2. The summed E-state index contributed by atoms with van der Waals surface area (Å²) >= 11 is 1.29. The Bertz CT molecular complexity index is 1580. The summed E-state index contributed by atoms with van der Waals surface area (Å²) < 4.78 is 17.6. The summed E-state index contributed by atoms with van der Waals surface area (Å²) in [5.74, 6) is -0.373. The Morgan fingerprint density at radius 3 is 2.67 bits per heavy atom. The number of fused-ring (bicyclic) bond motifs is 2. The van der Waals surface area contributed by atoms with Gasteiger partial charge in [-0.25, -0.2) is 19.3 Å². The number of nitrogens with zero attached hydrogens (tertiary/aromatic N) is 6. The lowest BCUT2D eigenvalue weighted by atomic mass is 10.0. The quantitative estimate of drug-likeness (QED) is 0.366. The molecule has 3 aliphatic heterocycles. The molecule has 1 unspecified atom stereocenters. The topological polar surface area (TPSA) is 96.2 Å².